The van der Waals surface area contributed by atoms with Crippen LogP contribution in [0.3, 0.4) is 0 Å². The van der Waals surface area contributed by atoms with E-state index in [-0.39, 0.29) is 17.6 Å². The summed E-state index contributed by atoms with van der Waals surface area (Å²) in [5.41, 5.74) is 0.120. The molecule has 0 aromatic carbocycles. The minimum Gasteiger partial charge on any atom is -0.476 e. The first kappa shape index (κ1) is 12.9. The van der Waals surface area contributed by atoms with Gasteiger partial charge in [0.2, 0.25) is 5.91 Å². The Labute approximate surface area is 118 Å². The molecule has 1 saturated heterocycles. The molecule has 1 amide bonds. The van der Waals surface area contributed by atoms with E-state index in [0.717, 1.165) is 0 Å². The average Bonchev–Trinajstić information content (AvgIpc) is 2.97. The van der Waals surface area contributed by atoms with Gasteiger partial charge in [0.15, 0.2) is 16.5 Å². The zero-order valence-corrected chi connectivity index (χ0v) is 11.7. The molecule has 0 saturated carbocycles. The molecular formula is C12H14N4O3S. The first-order valence-electron chi connectivity index (χ1n) is 6.36. The van der Waals surface area contributed by atoms with Crippen LogP contribution in [0.25, 0.3) is 4.96 Å². The number of thiazole rings is 1. The maximum absolute atomic E-state index is 11.9. The van der Waals surface area contributed by atoms with Gasteiger partial charge in [-0.15, -0.1) is 11.3 Å². The van der Waals surface area contributed by atoms with Gasteiger partial charge in [-0.1, -0.05) is 6.92 Å². The summed E-state index contributed by atoms with van der Waals surface area (Å²) >= 11 is 1.37. The molecule has 3 rings (SSSR count). The van der Waals surface area contributed by atoms with Crippen molar-refractivity contribution in [3.63, 3.8) is 0 Å². The summed E-state index contributed by atoms with van der Waals surface area (Å²) in [7, 11) is 0. The van der Waals surface area contributed by atoms with E-state index in [1.165, 1.54) is 11.3 Å². The molecule has 0 aliphatic carbocycles. The normalized spacial score (nSPS) is 19.4. The second-order valence-electron chi connectivity index (χ2n) is 4.55. The molecule has 0 bridgehead atoms. The molecule has 2 aromatic heterocycles. The van der Waals surface area contributed by atoms with Crippen molar-refractivity contribution >= 4 is 34.0 Å². The lowest BCUT2D eigenvalue weighted by molar-refractivity contribution is -0.123. The van der Waals surface area contributed by atoms with Crippen molar-refractivity contribution in [1.82, 2.24) is 14.7 Å². The quantitative estimate of drug-likeness (QED) is 0.874. The number of aromatic carboxylic acids is 1. The number of hydrogen-bond acceptors (Lipinski definition) is 5. The molecule has 1 unspecified atom stereocenters. The molecule has 3 heterocycles. The first-order valence-corrected chi connectivity index (χ1v) is 7.24. The number of rotatable bonds is 3. The fourth-order valence-corrected chi connectivity index (χ4v) is 3.26. The number of piperazine rings is 1. The molecule has 7 nitrogen and oxygen atoms in total. The van der Waals surface area contributed by atoms with Crippen LogP contribution in [0, 0.1) is 0 Å². The fourth-order valence-electron chi connectivity index (χ4n) is 2.55. The molecule has 2 N–H and O–H groups in total. The van der Waals surface area contributed by atoms with Crippen molar-refractivity contribution in [2.24, 2.45) is 0 Å². The molecule has 2 aromatic rings. The maximum atomic E-state index is 11.9. The summed E-state index contributed by atoms with van der Waals surface area (Å²) in [6.45, 7) is 2.97. The Hall–Kier alpha value is -2.09. The standard InChI is InChI=1S/C12H14N4O3S/c1-2-7-10(17)13-3-4-15(7)9-8(11(18)19)16-5-6-20-12(16)14-9/h5-7H,2-4H2,1H3,(H,13,17)(H,18,19). The Morgan fingerprint density at radius 3 is 3.15 bits per heavy atom. The van der Waals surface area contributed by atoms with Crippen LogP contribution in [0.15, 0.2) is 11.6 Å². The zero-order chi connectivity index (χ0) is 14.3. The van der Waals surface area contributed by atoms with E-state index in [1.54, 1.807) is 20.9 Å². The topological polar surface area (TPSA) is 86.9 Å². The van der Waals surface area contributed by atoms with Crippen LogP contribution in [-0.2, 0) is 4.79 Å². The summed E-state index contributed by atoms with van der Waals surface area (Å²) in [6.07, 6.45) is 2.29. The highest BCUT2D eigenvalue weighted by atomic mass is 32.1. The second-order valence-corrected chi connectivity index (χ2v) is 5.43. The predicted molar refractivity (Wildman–Crippen MR) is 74.5 cm³/mol. The number of nitrogens with zero attached hydrogens (tertiary/aromatic N) is 3. The van der Waals surface area contributed by atoms with Crippen molar-refractivity contribution in [2.75, 3.05) is 18.0 Å². The van der Waals surface area contributed by atoms with Gasteiger partial charge in [-0.3, -0.25) is 9.20 Å². The highest BCUT2D eigenvalue weighted by Gasteiger charge is 2.33. The van der Waals surface area contributed by atoms with Gasteiger partial charge in [0, 0.05) is 24.7 Å². The number of anilines is 1. The molecular weight excluding hydrogens is 280 g/mol. The van der Waals surface area contributed by atoms with Crippen LogP contribution in [0.2, 0.25) is 0 Å². The SMILES string of the molecule is CCC1C(=O)NCCN1c1nc2sccn2c1C(=O)O. The summed E-state index contributed by atoms with van der Waals surface area (Å²) in [6, 6.07) is -0.369. The van der Waals surface area contributed by atoms with Gasteiger partial charge < -0.3 is 15.3 Å². The van der Waals surface area contributed by atoms with E-state index >= 15 is 0 Å². The number of carbonyl (C=O) groups is 2. The molecule has 1 aliphatic heterocycles. The fraction of sp³-hybridized carbons (Fsp3) is 0.417. The number of nitrogens with one attached hydrogen (secondary N) is 1. The van der Waals surface area contributed by atoms with Crippen LogP contribution in [0.1, 0.15) is 23.8 Å². The minimum atomic E-state index is -1.04. The Bertz CT molecular complexity index is 677. The molecule has 106 valence electrons. The molecule has 1 fully saturated rings. The summed E-state index contributed by atoms with van der Waals surface area (Å²) < 4.78 is 1.56. The van der Waals surface area contributed by atoms with E-state index in [9.17, 15) is 14.7 Å². The van der Waals surface area contributed by atoms with Gasteiger partial charge in [-0.2, -0.15) is 0 Å². The minimum absolute atomic E-state index is 0.0774. The molecule has 0 spiro atoms. The number of carboxylic acids is 1. The summed E-state index contributed by atoms with van der Waals surface area (Å²) in [4.78, 5) is 30.3. The van der Waals surface area contributed by atoms with Crippen molar-refractivity contribution in [1.29, 1.82) is 0 Å². The summed E-state index contributed by atoms with van der Waals surface area (Å²) in [5.74, 6) is -0.732. The van der Waals surface area contributed by atoms with Gasteiger partial charge in [-0.05, 0) is 6.42 Å². The van der Waals surface area contributed by atoms with Gasteiger partial charge in [0.25, 0.3) is 0 Å². The Morgan fingerprint density at radius 1 is 1.65 bits per heavy atom. The zero-order valence-electron chi connectivity index (χ0n) is 10.9. The molecule has 1 atom stereocenters. The van der Waals surface area contributed by atoms with Crippen LogP contribution < -0.4 is 10.2 Å². The van der Waals surface area contributed by atoms with Crippen molar-refractivity contribution in [3.05, 3.63) is 17.3 Å². The maximum Gasteiger partial charge on any atom is 0.356 e. The lowest BCUT2D eigenvalue weighted by atomic mass is 10.1. The third-order valence-electron chi connectivity index (χ3n) is 3.44. The molecule has 0 radical (unpaired) electrons. The van der Waals surface area contributed by atoms with Gasteiger partial charge in [-0.25, -0.2) is 9.78 Å². The van der Waals surface area contributed by atoms with Gasteiger partial charge >= 0.3 is 5.97 Å². The number of imidazole rings is 1. The van der Waals surface area contributed by atoms with E-state index < -0.39 is 5.97 Å². The number of hydrogen-bond donors (Lipinski definition) is 2. The van der Waals surface area contributed by atoms with E-state index in [1.807, 2.05) is 6.92 Å². The van der Waals surface area contributed by atoms with Gasteiger partial charge in [0.1, 0.15) is 6.04 Å². The smallest absolute Gasteiger partial charge is 0.356 e. The largest absolute Gasteiger partial charge is 0.476 e. The number of carboxylic acid groups (broad SMARTS) is 1. The van der Waals surface area contributed by atoms with Crippen LogP contribution in [-0.4, -0.2) is 45.5 Å². The lowest BCUT2D eigenvalue weighted by Crippen LogP contribution is -2.55. The van der Waals surface area contributed by atoms with Crippen LogP contribution >= 0.6 is 11.3 Å². The monoisotopic (exact) mass is 294 g/mol. The van der Waals surface area contributed by atoms with Crippen LogP contribution in [0.5, 0.6) is 0 Å². The third-order valence-corrected chi connectivity index (χ3v) is 4.19. The Kier molecular flexibility index (Phi) is 3.09. The second kappa shape index (κ2) is 4.78. The third kappa shape index (κ3) is 1.83. The molecule has 8 heteroatoms. The Balaban J connectivity index is 2.12. The number of aromatic nitrogens is 2. The number of fused-ring (bicyclic) bond motifs is 1. The van der Waals surface area contributed by atoms with E-state index in [4.69, 9.17) is 0 Å². The number of carbonyl (C=O) groups excluding carboxylic acids is 1. The van der Waals surface area contributed by atoms with E-state index in [2.05, 4.69) is 10.3 Å². The van der Waals surface area contributed by atoms with Gasteiger partial charge in [0.05, 0.1) is 0 Å². The first-order chi connectivity index (χ1) is 9.63. The molecule has 1 aliphatic rings. The van der Waals surface area contributed by atoms with E-state index in [0.29, 0.717) is 30.3 Å². The average molecular weight is 294 g/mol. The predicted octanol–water partition coefficient (Wildman–Crippen LogP) is 0.809. The van der Waals surface area contributed by atoms with Crippen LogP contribution in [0.4, 0.5) is 5.82 Å². The van der Waals surface area contributed by atoms with Crippen molar-refractivity contribution in [2.45, 2.75) is 19.4 Å². The number of amides is 1. The summed E-state index contributed by atoms with van der Waals surface area (Å²) in [5, 5.41) is 14.0. The van der Waals surface area contributed by atoms with Crippen molar-refractivity contribution in [3.8, 4) is 0 Å². The molecule has 20 heavy (non-hydrogen) atoms. The van der Waals surface area contributed by atoms with Crippen molar-refractivity contribution < 1.29 is 14.7 Å². The highest BCUT2D eigenvalue weighted by molar-refractivity contribution is 7.15. The highest BCUT2D eigenvalue weighted by Crippen LogP contribution is 2.27. The lowest BCUT2D eigenvalue weighted by Gasteiger charge is -2.34. The Morgan fingerprint density at radius 2 is 2.45 bits per heavy atom.